The second-order valence-corrected chi connectivity index (χ2v) is 4.06. The molecular formula is C15H12O4. The number of carbonyl (C=O) groups excluding carboxylic acids is 1. The van der Waals surface area contributed by atoms with Gasteiger partial charge in [0.1, 0.15) is 6.10 Å². The van der Waals surface area contributed by atoms with E-state index in [9.17, 15) is 14.7 Å². The van der Waals surface area contributed by atoms with E-state index >= 15 is 0 Å². The highest BCUT2D eigenvalue weighted by molar-refractivity contribution is 6.00. The van der Waals surface area contributed by atoms with E-state index in [1.807, 2.05) is 0 Å². The lowest BCUT2D eigenvalue weighted by molar-refractivity contribution is 0.0694. The van der Waals surface area contributed by atoms with Gasteiger partial charge in [-0.3, -0.25) is 4.79 Å². The Balaban J connectivity index is 2.22. The van der Waals surface area contributed by atoms with Gasteiger partial charge in [0.05, 0.1) is 5.56 Å². The first-order valence-corrected chi connectivity index (χ1v) is 5.70. The molecular weight excluding hydrogens is 244 g/mol. The summed E-state index contributed by atoms with van der Waals surface area (Å²) in [5.41, 5.74) is 0.891. The first-order valence-electron chi connectivity index (χ1n) is 5.70. The van der Waals surface area contributed by atoms with Crippen molar-refractivity contribution in [3.8, 4) is 0 Å². The molecule has 0 fully saturated rings. The van der Waals surface area contributed by atoms with Gasteiger partial charge in [0.25, 0.3) is 0 Å². The van der Waals surface area contributed by atoms with Gasteiger partial charge in [-0.15, -0.1) is 0 Å². The Bertz CT molecular complexity index is 587. The Labute approximate surface area is 109 Å². The first kappa shape index (κ1) is 13.0. The standard InChI is InChI=1S/C15H12O4/c16-13(10-4-2-1-3-5-10)14(17)11-6-8-12(9-7-11)15(18)19/h1-9,13,16H,(H,18,19). The van der Waals surface area contributed by atoms with Crippen molar-refractivity contribution in [1.29, 1.82) is 0 Å². The number of carboxylic acids is 1. The molecule has 1 atom stereocenters. The third kappa shape index (κ3) is 2.86. The van der Waals surface area contributed by atoms with Crippen molar-refractivity contribution in [2.45, 2.75) is 6.10 Å². The summed E-state index contributed by atoms with van der Waals surface area (Å²) in [7, 11) is 0. The van der Waals surface area contributed by atoms with Crippen molar-refractivity contribution in [2.75, 3.05) is 0 Å². The lowest BCUT2D eigenvalue weighted by Gasteiger charge is -2.09. The van der Waals surface area contributed by atoms with Gasteiger partial charge in [0.15, 0.2) is 5.78 Å². The van der Waals surface area contributed by atoms with Crippen LogP contribution in [0.3, 0.4) is 0 Å². The molecule has 2 aromatic rings. The number of ketones is 1. The number of rotatable bonds is 4. The van der Waals surface area contributed by atoms with E-state index in [-0.39, 0.29) is 11.1 Å². The van der Waals surface area contributed by atoms with Crippen molar-refractivity contribution >= 4 is 11.8 Å². The van der Waals surface area contributed by atoms with Crippen LogP contribution in [0, 0.1) is 0 Å². The molecule has 2 rings (SSSR count). The number of aliphatic hydroxyl groups is 1. The number of benzene rings is 2. The van der Waals surface area contributed by atoms with Crippen molar-refractivity contribution < 1.29 is 19.8 Å². The number of Topliss-reactive ketones (excluding diaryl/α,β-unsaturated/α-hetero) is 1. The SMILES string of the molecule is O=C(O)c1ccc(C(=O)C(O)c2ccccc2)cc1. The van der Waals surface area contributed by atoms with Crippen LogP contribution < -0.4 is 0 Å². The maximum absolute atomic E-state index is 12.0. The van der Waals surface area contributed by atoms with E-state index in [2.05, 4.69) is 0 Å². The highest BCUT2D eigenvalue weighted by Gasteiger charge is 2.19. The second kappa shape index (κ2) is 5.46. The van der Waals surface area contributed by atoms with Crippen LogP contribution in [-0.4, -0.2) is 22.0 Å². The topological polar surface area (TPSA) is 74.6 Å². The van der Waals surface area contributed by atoms with Crippen LogP contribution in [0.2, 0.25) is 0 Å². The molecule has 4 nitrogen and oxygen atoms in total. The summed E-state index contributed by atoms with van der Waals surface area (Å²) < 4.78 is 0. The van der Waals surface area contributed by atoms with Crippen LogP contribution in [0.4, 0.5) is 0 Å². The average molecular weight is 256 g/mol. The predicted octanol–water partition coefficient (Wildman–Crippen LogP) is 2.30. The molecule has 0 aliphatic carbocycles. The van der Waals surface area contributed by atoms with Crippen molar-refractivity contribution in [3.05, 3.63) is 71.3 Å². The van der Waals surface area contributed by atoms with Crippen molar-refractivity contribution in [2.24, 2.45) is 0 Å². The average Bonchev–Trinajstić information content (AvgIpc) is 2.46. The molecule has 0 saturated carbocycles. The van der Waals surface area contributed by atoms with Gasteiger partial charge in [0, 0.05) is 5.56 Å². The van der Waals surface area contributed by atoms with Crippen LogP contribution >= 0.6 is 0 Å². The van der Waals surface area contributed by atoms with E-state index in [0.29, 0.717) is 5.56 Å². The largest absolute Gasteiger partial charge is 0.478 e. The first-order chi connectivity index (χ1) is 9.09. The summed E-state index contributed by atoms with van der Waals surface area (Å²) in [5, 5.41) is 18.7. The summed E-state index contributed by atoms with van der Waals surface area (Å²) in [5.74, 6) is -1.51. The summed E-state index contributed by atoms with van der Waals surface area (Å²) in [6, 6.07) is 14.1. The van der Waals surface area contributed by atoms with Gasteiger partial charge in [-0.2, -0.15) is 0 Å². The number of aromatic carboxylic acids is 1. The summed E-state index contributed by atoms with van der Waals surface area (Å²) in [6.45, 7) is 0. The Morgan fingerprint density at radius 3 is 1.89 bits per heavy atom. The summed E-state index contributed by atoms with van der Waals surface area (Å²) in [4.78, 5) is 22.7. The zero-order valence-electron chi connectivity index (χ0n) is 9.98. The Kier molecular flexibility index (Phi) is 3.73. The second-order valence-electron chi connectivity index (χ2n) is 4.06. The number of hydrogen-bond donors (Lipinski definition) is 2. The predicted molar refractivity (Wildman–Crippen MR) is 69.1 cm³/mol. The van der Waals surface area contributed by atoms with Crippen LogP contribution in [-0.2, 0) is 0 Å². The fraction of sp³-hybridized carbons (Fsp3) is 0.0667. The molecule has 0 aromatic heterocycles. The highest BCUT2D eigenvalue weighted by Crippen LogP contribution is 2.18. The molecule has 0 amide bonds. The molecule has 0 aliphatic heterocycles. The van der Waals surface area contributed by atoms with E-state index in [4.69, 9.17) is 5.11 Å². The molecule has 1 unspecified atom stereocenters. The van der Waals surface area contributed by atoms with E-state index < -0.39 is 17.9 Å². The molecule has 0 radical (unpaired) electrons. The normalized spacial score (nSPS) is 11.8. The van der Waals surface area contributed by atoms with Gasteiger partial charge < -0.3 is 10.2 Å². The monoisotopic (exact) mass is 256 g/mol. The zero-order chi connectivity index (χ0) is 13.8. The summed E-state index contributed by atoms with van der Waals surface area (Å²) >= 11 is 0. The Morgan fingerprint density at radius 2 is 1.37 bits per heavy atom. The minimum absolute atomic E-state index is 0.103. The van der Waals surface area contributed by atoms with E-state index in [1.165, 1.54) is 24.3 Å². The van der Waals surface area contributed by atoms with Gasteiger partial charge in [-0.1, -0.05) is 42.5 Å². The van der Waals surface area contributed by atoms with Gasteiger partial charge in [-0.25, -0.2) is 4.79 Å². The third-order valence-electron chi connectivity index (χ3n) is 2.78. The van der Waals surface area contributed by atoms with Crippen LogP contribution in [0.1, 0.15) is 32.4 Å². The van der Waals surface area contributed by atoms with Gasteiger partial charge in [-0.05, 0) is 17.7 Å². The van der Waals surface area contributed by atoms with E-state index in [1.54, 1.807) is 30.3 Å². The smallest absolute Gasteiger partial charge is 0.335 e. The molecule has 2 aromatic carbocycles. The summed E-state index contributed by atoms with van der Waals surface area (Å²) in [6.07, 6.45) is -1.24. The molecule has 4 heteroatoms. The Hall–Kier alpha value is -2.46. The number of hydrogen-bond acceptors (Lipinski definition) is 3. The highest BCUT2D eigenvalue weighted by atomic mass is 16.4. The maximum atomic E-state index is 12.0. The molecule has 0 saturated heterocycles. The molecule has 96 valence electrons. The molecule has 0 bridgehead atoms. The lowest BCUT2D eigenvalue weighted by atomic mass is 9.99. The fourth-order valence-corrected chi connectivity index (χ4v) is 1.72. The minimum Gasteiger partial charge on any atom is -0.478 e. The molecule has 0 heterocycles. The number of carbonyl (C=O) groups is 2. The van der Waals surface area contributed by atoms with Crippen molar-refractivity contribution in [3.63, 3.8) is 0 Å². The fourth-order valence-electron chi connectivity index (χ4n) is 1.72. The van der Waals surface area contributed by atoms with Gasteiger partial charge >= 0.3 is 5.97 Å². The number of aliphatic hydroxyl groups excluding tert-OH is 1. The van der Waals surface area contributed by atoms with E-state index in [0.717, 1.165) is 0 Å². The lowest BCUT2D eigenvalue weighted by Crippen LogP contribution is -2.12. The van der Waals surface area contributed by atoms with Crippen LogP contribution in [0.15, 0.2) is 54.6 Å². The quantitative estimate of drug-likeness (QED) is 0.823. The van der Waals surface area contributed by atoms with Crippen LogP contribution in [0.25, 0.3) is 0 Å². The van der Waals surface area contributed by atoms with Crippen LogP contribution in [0.5, 0.6) is 0 Å². The molecule has 19 heavy (non-hydrogen) atoms. The number of carboxylic acid groups (broad SMARTS) is 1. The maximum Gasteiger partial charge on any atom is 0.335 e. The molecule has 2 N–H and O–H groups in total. The molecule has 0 spiro atoms. The molecule has 0 aliphatic rings. The zero-order valence-corrected chi connectivity index (χ0v) is 9.98. The Morgan fingerprint density at radius 1 is 0.842 bits per heavy atom. The minimum atomic E-state index is -1.24. The third-order valence-corrected chi connectivity index (χ3v) is 2.78. The van der Waals surface area contributed by atoms with Crippen molar-refractivity contribution in [1.82, 2.24) is 0 Å². The van der Waals surface area contributed by atoms with Gasteiger partial charge in [0.2, 0.25) is 0 Å².